The molecule has 15 heavy (non-hydrogen) atoms. The van der Waals surface area contributed by atoms with Gasteiger partial charge in [0.15, 0.2) is 0 Å². The SMILES string of the molecule is CS[C@@H](C)NC(=O)NC(C)(C)C(F)(F)F. The Kier molecular flexibility index (Phi) is 4.76. The Labute approximate surface area is 91.2 Å². The van der Waals surface area contributed by atoms with E-state index in [2.05, 4.69) is 5.32 Å². The Balaban J connectivity index is 4.29. The molecule has 0 aromatic rings. The molecule has 0 fully saturated rings. The van der Waals surface area contributed by atoms with Gasteiger partial charge in [0.05, 0.1) is 5.37 Å². The van der Waals surface area contributed by atoms with Crippen molar-refractivity contribution in [2.75, 3.05) is 6.26 Å². The van der Waals surface area contributed by atoms with Crippen LogP contribution in [0.3, 0.4) is 0 Å². The van der Waals surface area contributed by atoms with E-state index in [0.717, 1.165) is 13.8 Å². The lowest BCUT2D eigenvalue weighted by Crippen LogP contribution is -2.57. The van der Waals surface area contributed by atoms with Crippen LogP contribution in [0.4, 0.5) is 18.0 Å². The van der Waals surface area contributed by atoms with Gasteiger partial charge in [-0.2, -0.15) is 13.2 Å². The Hall–Kier alpha value is -0.590. The van der Waals surface area contributed by atoms with Crippen LogP contribution in [0.2, 0.25) is 0 Å². The minimum absolute atomic E-state index is 0.228. The highest BCUT2D eigenvalue weighted by molar-refractivity contribution is 7.99. The lowest BCUT2D eigenvalue weighted by molar-refractivity contribution is -0.182. The summed E-state index contributed by atoms with van der Waals surface area (Å²) in [6.45, 7) is 3.51. The molecule has 0 aliphatic rings. The summed E-state index contributed by atoms with van der Waals surface area (Å²) in [5.74, 6) is 0. The van der Waals surface area contributed by atoms with Crippen LogP contribution in [0, 0.1) is 0 Å². The number of amides is 2. The third kappa shape index (κ3) is 4.63. The molecule has 3 nitrogen and oxygen atoms in total. The van der Waals surface area contributed by atoms with Crippen molar-refractivity contribution < 1.29 is 18.0 Å². The first-order chi connectivity index (χ1) is 6.60. The summed E-state index contributed by atoms with van der Waals surface area (Å²) >= 11 is 1.33. The highest BCUT2D eigenvalue weighted by Gasteiger charge is 2.48. The second-order valence-electron chi connectivity index (χ2n) is 3.60. The van der Waals surface area contributed by atoms with E-state index in [1.54, 1.807) is 13.2 Å². The van der Waals surface area contributed by atoms with Gasteiger partial charge < -0.3 is 10.6 Å². The van der Waals surface area contributed by atoms with E-state index in [1.807, 2.05) is 5.32 Å². The summed E-state index contributed by atoms with van der Waals surface area (Å²) in [6.07, 6.45) is -2.72. The molecule has 0 spiro atoms. The Bertz CT molecular complexity index is 230. The smallest absolute Gasteiger partial charge is 0.327 e. The minimum Gasteiger partial charge on any atom is -0.327 e. The third-order valence-electron chi connectivity index (χ3n) is 1.82. The highest BCUT2D eigenvalue weighted by atomic mass is 32.2. The van der Waals surface area contributed by atoms with Gasteiger partial charge in [-0.3, -0.25) is 0 Å². The lowest BCUT2D eigenvalue weighted by Gasteiger charge is -2.29. The highest BCUT2D eigenvalue weighted by Crippen LogP contribution is 2.29. The molecule has 0 bridgehead atoms. The molecule has 0 aromatic carbocycles. The van der Waals surface area contributed by atoms with Crippen LogP contribution in [0.1, 0.15) is 20.8 Å². The number of carbonyl (C=O) groups is 1. The van der Waals surface area contributed by atoms with Gasteiger partial charge in [0, 0.05) is 0 Å². The van der Waals surface area contributed by atoms with E-state index < -0.39 is 17.7 Å². The fourth-order valence-corrected chi connectivity index (χ4v) is 0.859. The number of urea groups is 1. The fourth-order valence-electron chi connectivity index (χ4n) is 0.634. The maximum absolute atomic E-state index is 12.4. The second kappa shape index (κ2) is 4.96. The molecule has 0 unspecified atom stereocenters. The van der Waals surface area contributed by atoms with Crippen LogP contribution in [0.15, 0.2) is 0 Å². The maximum atomic E-state index is 12.4. The van der Waals surface area contributed by atoms with Gasteiger partial charge in [-0.1, -0.05) is 0 Å². The zero-order valence-corrected chi connectivity index (χ0v) is 9.84. The second-order valence-corrected chi connectivity index (χ2v) is 4.78. The summed E-state index contributed by atoms with van der Waals surface area (Å²) in [6, 6.07) is -0.820. The molecular formula is C8H15F3N2OS. The van der Waals surface area contributed by atoms with Gasteiger partial charge in [0.25, 0.3) is 0 Å². The van der Waals surface area contributed by atoms with Gasteiger partial charge in [-0.05, 0) is 27.0 Å². The molecule has 1 atom stereocenters. The first-order valence-corrected chi connectivity index (χ1v) is 5.57. The Morgan fingerprint density at radius 1 is 1.33 bits per heavy atom. The van der Waals surface area contributed by atoms with E-state index in [9.17, 15) is 18.0 Å². The zero-order valence-electron chi connectivity index (χ0n) is 9.03. The number of halogens is 3. The fraction of sp³-hybridized carbons (Fsp3) is 0.875. The van der Waals surface area contributed by atoms with E-state index in [0.29, 0.717) is 0 Å². The largest absolute Gasteiger partial charge is 0.411 e. The molecule has 0 saturated heterocycles. The summed E-state index contributed by atoms with van der Waals surface area (Å²) in [5, 5.41) is 4.02. The molecule has 0 saturated carbocycles. The number of rotatable bonds is 3. The third-order valence-corrected chi connectivity index (χ3v) is 2.65. The van der Waals surface area contributed by atoms with E-state index in [-0.39, 0.29) is 5.37 Å². The van der Waals surface area contributed by atoms with Crippen molar-refractivity contribution in [3.8, 4) is 0 Å². The van der Waals surface area contributed by atoms with Gasteiger partial charge >= 0.3 is 12.2 Å². The minimum atomic E-state index is -4.47. The monoisotopic (exact) mass is 244 g/mol. The predicted octanol–water partition coefficient (Wildman–Crippen LogP) is 2.34. The van der Waals surface area contributed by atoms with Crippen LogP contribution >= 0.6 is 11.8 Å². The molecule has 2 amide bonds. The van der Waals surface area contributed by atoms with Gasteiger partial charge in [0.1, 0.15) is 5.54 Å². The van der Waals surface area contributed by atoms with Crippen molar-refractivity contribution in [2.24, 2.45) is 0 Å². The van der Waals surface area contributed by atoms with Crippen LogP contribution < -0.4 is 10.6 Å². The molecule has 0 aromatic heterocycles. The number of hydrogen-bond acceptors (Lipinski definition) is 2. The van der Waals surface area contributed by atoms with Crippen LogP contribution in [-0.2, 0) is 0 Å². The average Bonchev–Trinajstić information content (AvgIpc) is 2.00. The van der Waals surface area contributed by atoms with E-state index in [4.69, 9.17) is 0 Å². The molecule has 7 heteroatoms. The van der Waals surface area contributed by atoms with Gasteiger partial charge in [-0.15, -0.1) is 11.8 Å². The van der Waals surface area contributed by atoms with Crippen molar-refractivity contribution in [2.45, 2.75) is 37.9 Å². The lowest BCUT2D eigenvalue weighted by atomic mass is 10.1. The summed E-state index contributed by atoms with van der Waals surface area (Å²) in [7, 11) is 0. The molecular weight excluding hydrogens is 229 g/mol. The average molecular weight is 244 g/mol. The predicted molar refractivity (Wildman–Crippen MR) is 54.8 cm³/mol. The standard InChI is InChI=1S/C8H15F3N2OS/c1-5(15-4)12-6(14)13-7(2,3)8(9,10)11/h5H,1-4H3,(H2,12,13,14)/t5-/m0/s1. The maximum Gasteiger partial charge on any atom is 0.411 e. The van der Waals surface area contributed by atoms with Crippen molar-refractivity contribution in [3.05, 3.63) is 0 Å². The summed E-state index contributed by atoms with van der Waals surface area (Å²) < 4.78 is 37.1. The normalized spacial score (nSPS) is 14.6. The van der Waals surface area contributed by atoms with Crippen LogP contribution in [-0.4, -0.2) is 29.4 Å². The number of carbonyl (C=O) groups excluding carboxylic acids is 1. The molecule has 2 N–H and O–H groups in total. The van der Waals surface area contributed by atoms with Crippen LogP contribution in [0.5, 0.6) is 0 Å². The molecule has 0 aliphatic carbocycles. The van der Waals surface area contributed by atoms with Crippen molar-refractivity contribution in [3.63, 3.8) is 0 Å². The number of alkyl halides is 3. The molecule has 0 aliphatic heterocycles. The Morgan fingerprint density at radius 2 is 1.80 bits per heavy atom. The van der Waals surface area contributed by atoms with E-state index >= 15 is 0 Å². The first kappa shape index (κ1) is 14.4. The number of thioether (sulfide) groups is 1. The van der Waals surface area contributed by atoms with Crippen LogP contribution in [0.25, 0.3) is 0 Å². The quantitative estimate of drug-likeness (QED) is 0.748. The van der Waals surface area contributed by atoms with Crippen molar-refractivity contribution >= 4 is 17.8 Å². The topological polar surface area (TPSA) is 41.1 Å². The number of hydrogen-bond donors (Lipinski definition) is 2. The molecule has 0 heterocycles. The number of nitrogens with one attached hydrogen (secondary N) is 2. The summed E-state index contributed by atoms with van der Waals surface area (Å²) in [4.78, 5) is 11.1. The first-order valence-electron chi connectivity index (χ1n) is 4.28. The molecule has 90 valence electrons. The Morgan fingerprint density at radius 3 is 2.13 bits per heavy atom. The van der Waals surface area contributed by atoms with E-state index in [1.165, 1.54) is 11.8 Å². The van der Waals surface area contributed by atoms with Gasteiger partial charge in [-0.25, -0.2) is 4.79 Å². The van der Waals surface area contributed by atoms with Gasteiger partial charge in [0.2, 0.25) is 0 Å². The van der Waals surface area contributed by atoms with Crippen molar-refractivity contribution in [1.29, 1.82) is 0 Å². The zero-order chi connectivity index (χ0) is 12.3. The molecule has 0 rings (SSSR count). The van der Waals surface area contributed by atoms with Crippen molar-refractivity contribution in [1.82, 2.24) is 10.6 Å². The molecule has 0 radical (unpaired) electrons. The summed E-state index contributed by atoms with van der Waals surface area (Å²) in [5.41, 5.74) is -2.23.